The highest BCUT2D eigenvalue weighted by molar-refractivity contribution is 6.02. The van der Waals surface area contributed by atoms with Crippen molar-refractivity contribution in [3.05, 3.63) is 126 Å². The van der Waals surface area contributed by atoms with E-state index in [1.54, 1.807) is 18.2 Å². The molecule has 6 heteroatoms. The monoisotopic (exact) mass is 559 g/mol. The average Bonchev–Trinajstić information content (AvgIpc) is 3.04. The predicted octanol–water partition coefficient (Wildman–Crippen LogP) is 8.15. The number of urea groups is 1. The molecule has 6 nitrogen and oxygen atoms in total. The van der Waals surface area contributed by atoms with Crippen LogP contribution in [0.1, 0.15) is 59.7 Å². The molecular weight excluding hydrogens is 522 g/mol. The van der Waals surface area contributed by atoms with Gasteiger partial charge in [0.2, 0.25) is 0 Å². The summed E-state index contributed by atoms with van der Waals surface area (Å²) in [6, 6.07) is 34.3. The van der Waals surface area contributed by atoms with E-state index in [1.807, 2.05) is 95.9 Å². The van der Waals surface area contributed by atoms with E-state index in [0.717, 1.165) is 30.6 Å². The Morgan fingerprint density at radius 1 is 0.690 bits per heavy atom. The number of likely N-dealkylation sites (tertiary alicyclic amines) is 1. The lowest BCUT2D eigenvalue weighted by molar-refractivity contribution is 0.0516. The van der Waals surface area contributed by atoms with Crippen molar-refractivity contribution in [2.24, 2.45) is 11.8 Å². The van der Waals surface area contributed by atoms with Crippen molar-refractivity contribution in [2.75, 3.05) is 23.7 Å². The largest absolute Gasteiger partial charge is 0.480 e. The van der Waals surface area contributed by atoms with Crippen LogP contribution in [0.15, 0.2) is 109 Å². The number of rotatable bonds is 7. The third-order valence-corrected chi connectivity index (χ3v) is 8.53. The van der Waals surface area contributed by atoms with E-state index in [2.05, 4.69) is 10.6 Å². The standard InChI is InChI=1S/C36H37N3O3/c40-35(39-23-22-26-12-10-11-17-29(26)25-39)32-24-31(38-36(41)37-30-18-8-3-9-19-30)20-21-33(32)42-34(27-13-4-1-5-14-27)28-15-6-2-7-16-28/h1-9,13-16,18-21,24,26,29,34H,10-12,17,22-23,25H2,(H2,37,38,41). The SMILES string of the molecule is O=C(Nc1ccccc1)Nc1ccc(OC(c2ccccc2)c2ccccc2)c(C(=O)N2CCC3CCCCC3C2)c1. The topological polar surface area (TPSA) is 70.7 Å². The molecule has 0 radical (unpaired) electrons. The highest BCUT2D eigenvalue weighted by atomic mass is 16.5. The summed E-state index contributed by atoms with van der Waals surface area (Å²) in [6.07, 6.45) is 5.63. The number of nitrogens with one attached hydrogen (secondary N) is 2. The molecule has 0 bridgehead atoms. The number of fused-ring (bicyclic) bond motifs is 1. The second kappa shape index (κ2) is 12.9. The molecule has 42 heavy (non-hydrogen) atoms. The molecule has 4 aromatic carbocycles. The third-order valence-electron chi connectivity index (χ3n) is 8.53. The van der Waals surface area contributed by atoms with Crippen LogP contribution in [-0.2, 0) is 0 Å². The molecule has 4 aromatic rings. The zero-order valence-electron chi connectivity index (χ0n) is 23.7. The van der Waals surface area contributed by atoms with Crippen molar-refractivity contribution in [2.45, 2.75) is 38.2 Å². The molecule has 0 aromatic heterocycles. The second-order valence-electron chi connectivity index (χ2n) is 11.3. The summed E-state index contributed by atoms with van der Waals surface area (Å²) < 4.78 is 6.72. The Morgan fingerprint density at radius 2 is 1.29 bits per heavy atom. The van der Waals surface area contributed by atoms with Gasteiger partial charge in [-0.2, -0.15) is 0 Å². The summed E-state index contributed by atoms with van der Waals surface area (Å²) in [5.41, 5.74) is 3.67. The van der Waals surface area contributed by atoms with Gasteiger partial charge in [-0.15, -0.1) is 0 Å². The fraction of sp³-hybridized carbons (Fsp3) is 0.278. The minimum absolute atomic E-state index is 0.0546. The summed E-state index contributed by atoms with van der Waals surface area (Å²) >= 11 is 0. The Kier molecular flexibility index (Phi) is 8.50. The van der Waals surface area contributed by atoms with E-state index in [1.165, 1.54) is 25.7 Å². The summed E-state index contributed by atoms with van der Waals surface area (Å²) in [4.78, 5) is 29.0. The molecule has 3 amide bonds. The highest BCUT2D eigenvalue weighted by Crippen LogP contribution is 2.38. The van der Waals surface area contributed by atoms with Gasteiger partial charge in [-0.3, -0.25) is 4.79 Å². The lowest BCUT2D eigenvalue weighted by Crippen LogP contribution is -2.44. The molecule has 1 aliphatic heterocycles. The van der Waals surface area contributed by atoms with Gasteiger partial charge in [-0.1, -0.05) is 98.1 Å². The van der Waals surface area contributed by atoms with Crippen LogP contribution in [0.4, 0.5) is 16.2 Å². The van der Waals surface area contributed by atoms with Crippen molar-refractivity contribution in [1.82, 2.24) is 4.90 Å². The first-order valence-corrected chi connectivity index (χ1v) is 15.0. The predicted molar refractivity (Wildman–Crippen MR) is 167 cm³/mol. The Balaban J connectivity index is 1.31. The van der Waals surface area contributed by atoms with E-state index in [-0.39, 0.29) is 11.9 Å². The maximum absolute atomic E-state index is 14.2. The minimum Gasteiger partial charge on any atom is -0.480 e. The molecule has 2 unspecified atom stereocenters. The van der Waals surface area contributed by atoms with Crippen molar-refractivity contribution in [3.8, 4) is 5.75 Å². The third kappa shape index (κ3) is 6.49. The molecule has 2 fully saturated rings. The molecule has 2 N–H and O–H groups in total. The Labute approximate surface area is 247 Å². The van der Waals surface area contributed by atoms with Gasteiger partial charge >= 0.3 is 6.03 Å². The van der Waals surface area contributed by atoms with E-state index in [4.69, 9.17) is 4.74 Å². The Hall–Kier alpha value is -4.58. The van der Waals surface area contributed by atoms with Crippen LogP contribution in [0.25, 0.3) is 0 Å². The van der Waals surface area contributed by atoms with Gasteiger partial charge in [0.05, 0.1) is 5.56 Å². The number of hydrogen-bond acceptors (Lipinski definition) is 3. The summed E-state index contributed by atoms with van der Waals surface area (Å²) in [5.74, 6) is 1.72. The minimum atomic E-state index is -0.400. The second-order valence-corrected chi connectivity index (χ2v) is 11.3. The van der Waals surface area contributed by atoms with Gasteiger partial charge in [0.15, 0.2) is 0 Å². The molecule has 1 saturated carbocycles. The van der Waals surface area contributed by atoms with Crippen molar-refractivity contribution < 1.29 is 14.3 Å². The van der Waals surface area contributed by atoms with Crippen LogP contribution in [0, 0.1) is 11.8 Å². The van der Waals surface area contributed by atoms with Gasteiger partial charge in [-0.05, 0) is 66.1 Å². The van der Waals surface area contributed by atoms with Gasteiger partial charge < -0.3 is 20.3 Å². The molecule has 1 aliphatic carbocycles. The highest BCUT2D eigenvalue weighted by Gasteiger charge is 2.34. The number of benzene rings is 4. The van der Waals surface area contributed by atoms with Crippen LogP contribution in [0.2, 0.25) is 0 Å². The van der Waals surface area contributed by atoms with Crippen LogP contribution >= 0.6 is 0 Å². The average molecular weight is 560 g/mol. The van der Waals surface area contributed by atoms with Crippen LogP contribution in [0.3, 0.4) is 0 Å². The maximum Gasteiger partial charge on any atom is 0.323 e. The molecule has 1 heterocycles. The number of nitrogens with zero attached hydrogens (tertiary/aromatic N) is 1. The van der Waals surface area contributed by atoms with Gasteiger partial charge in [-0.25, -0.2) is 4.79 Å². The van der Waals surface area contributed by atoms with Crippen LogP contribution in [-0.4, -0.2) is 29.9 Å². The number of carbonyl (C=O) groups is 2. The molecule has 0 spiro atoms. The molecule has 6 rings (SSSR count). The van der Waals surface area contributed by atoms with Gasteiger partial charge in [0, 0.05) is 24.5 Å². The lowest BCUT2D eigenvalue weighted by atomic mass is 9.75. The smallest absolute Gasteiger partial charge is 0.323 e. The fourth-order valence-corrected chi connectivity index (χ4v) is 6.36. The molecule has 214 valence electrons. The Bertz CT molecular complexity index is 1450. The van der Waals surface area contributed by atoms with Gasteiger partial charge in [0.25, 0.3) is 5.91 Å². The van der Waals surface area contributed by atoms with E-state index < -0.39 is 6.10 Å². The summed E-state index contributed by atoms with van der Waals surface area (Å²) in [5, 5.41) is 5.75. The van der Waals surface area contributed by atoms with Crippen LogP contribution < -0.4 is 15.4 Å². The zero-order chi connectivity index (χ0) is 28.7. The zero-order valence-corrected chi connectivity index (χ0v) is 23.7. The number of ether oxygens (including phenoxy) is 1. The van der Waals surface area contributed by atoms with E-state index in [9.17, 15) is 9.59 Å². The first kappa shape index (κ1) is 27.6. The number of hydrogen-bond donors (Lipinski definition) is 2. The molecular formula is C36H37N3O3. The summed E-state index contributed by atoms with van der Waals surface area (Å²) in [6.45, 7) is 1.52. The number of anilines is 2. The van der Waals surface area contributed by atoms with Gasteiger partial charge in [0.1, 0.15) is 11.9 Å². The van der Waals surface area contributed by atoms with Crippen LogP contribution in [0.5, 0.6) is 5.75 Å². The van der Waals surface area contributed by atoms with E-state index >= 15 is 0 Å². The fourth-order valence-electron chi connectivity index (χ4n) is 6.36. The van der Waals surface area contributed by atoms with Crippen molar-refractivity contribution in [1.29, 1.82) is 0 Å². The molecule has 2 aliphatic rings. The maximum atomic E-state index is 14.2. The first-order chi connectivity index (χ1) is 20.6. The summed E-state index contributed by atoms with van der Waals surface area (Å²) in [7, 11) is 0. The molecule has 1 saturated heterocycles. The van der Waals surface area contributed by atoms with Crippen molar-refractivity contribution >= 4 is 23.3 Å². The number of para-hydroxylation sites is 1. The quantitative estimate of drug-likeness (QED) is 0.240. The molecule has 2 atom stereocenters. The number of piperidine rings is 1. The van der Waals surface area contributed by atoms with Crippen molar-refractivity contribution in [3.63, 3.8) is 0 Å². The number of amides is 3. The lowest BCUT2D eigenvalue weighted by Gasteiger charge is -2.41. The first-order valence-electron chi connectivity index (χ1n) is 15.0. The number of carbonyl (C=O) groups excluding carboxylic acids is 2. The van der Waals surface area contributed by atoms with E-state index in [0.29, 0.717) is 34.5 Å². The Morgan fingerprint density at radius 3 is 1.95 bits per heavy atom. The normalized spacial score (nSPS) is 18.2.